The summed E-state index contributed by atoms with van der Waals surface area (Å²) in [6.45, 7) is 4.54. The molecule has 0 saturated carbocycles. The van der Waals surface area contributed by atoms with Gasteiger partial charge < -0.3 is 14.6 Å². The topological polar surface area (TPSA) is 60.2 Å². The molecule has 1 heterocycles. The quantitative estimate of drug-likeness (QED) is 0.863. The summed E-state index contributed by atoms with van der Waals surface area (Å²) in [6, 6.07) is 8.45. The Balaban J connectivity index is 1.81. The van der Waals surface area contributed by atoms with Crippen LogP contribution in [-0.4, -0.2) is 23.3 Å². The lowest BCUT2D eigenvalue weighted by atomic mass is 10.1. The molecule has 1 N–H and O–H groups in total. The van der Waals surface area contributed by atoms with Gasteiger partial charge in [0.05, 0.1) is 13.7 Å². The number of methoxy groups -OCH3 is 1. The molecule has 0 radical (unpaired) electrons. The van der Waals surface area contributed by atoms with Crippen LogP contribution < -0.4 is 10.1 Å². The second kappa shape index (κ2) is 6.33. The van der Waals surface area contributed by atoms with Crippen LogP contribution in [0.4, 0.5) is 0 Å². The number of aromatic nitrogens is 2. The van der Waals surface area contributed by atoms with E-state index in [0.29, 0.717) is 24.3 Å². The van der Waals surface area contributed by atoms with E-state index < -0.39 is 0 Å². The zero-order chi connectivity index (χ0) is 13.7. The number of ether oxygens (including phenoxy) is 1. The Kier molecular flexibility index (Phi) is 4.52. The largest absolute Gasteiger partial charge is 0.497 e. The number of aryl methyl sites for hydroxylation is 1. The van der Waals surface area contributed by atoms with Gasteiger partial charge in [-0.05, 0) is 31.0 Å². The lowest BCUT2D eigenvalue weighted by Gasteiger charge is -2.12. The summed E-state index contributed by atoms with van der Waals surface area (Å²) in [4.78, 5) is 4.16. The highest BCUT2D eigenvalue weighted by Crippen LogP contribution is 2.12. The normalized spacial score (nSPS) is 12.4. The lowest BCUT2D eigenvalue weighted by molar-refractivity contribution is 0.383. The lowest BCUT2D eigenvalue weighted by Crippen LogP contribution is -2.28. The predicted octanol–water partition coefficient (Wildman–Crippen LogP) is 2.11. The van der Waals surface area contributed by atoms with E-state index >= 15 is 0 Å². The van der Waals surface area contributed by atoms with Crippen molar-refractivity contribution in [3.8, 4) is 5.75 Å². The van der Waals surface area contributed by atoms with Crippen LogP contribution >= 0.6 is 0 Å². The summed E-state index contributed by atoms with van der Waals surface area (Å²) in [5.74, 6) is 2.17. The van der Waals surface area contributed by atoms with Gasteiger partial charge in [0.15, 0.2) is 5.82 Å². The fraction of sp³-hybridized carbons (Fsp3) is 0.429. The smallest absolute Gasteiger partial charge is 0.223 e. The number of hydrogen-bond donors (Lipinski definition) is 1. The molecular formula is C14H19N3O2. The van der Waals surface area contributed by atoms with Crippen LogP contribution in [0, 0.1) is 6.92 Å². The molecule has 1 unspecified atom stereocenters. The van der Waals surface area contributed by atoms with Crippen molar-refractivity contribution < 1.29 is 9.26 Å². The highest BCUT2D eigenvalue weighted by atomic mass is 16.5. The summed E-state index contributed by atoms with van der Waals surface area (Å²) >= 11 is 0. The van der Waals surface area contributed by atoms with Gasteiger partial charge in [0.1, 0.15) is 5.75 Å². The molecule has 0 aliphatic rings. The second-order valence-electron chi connectivity index (χ2n) is 4.56. The average molecular weight is 261 g/mol. The van der Waals surface area contributed by atoms with Crippen LogP contribution in [0.15, 0.2) is 28.8 Å². The SMILES string of the molecule is COc1ccc(CC(C)NCc2noc(C)n2)cc1. The van der Waals surface area contributed by atoms with Crippen molar-refractivity contribution in [1.82, 2.24) is 15.5 Å². The van der Waals surface area contributed by atoms with Gasteiger partial charge in [-0.3, -0.25) is 0 Å². The van der Waals surface area contributed by atoms with E-state index in [1.54, 1.807) is 14.0 Å². The molecule has 2 rings (SSSR count). The average Bonchev–Trinajstić information content (AvgIpc) is 2.83. The highest BCUT2D eigenvalue weighted by Gasteiger charge is 2.06. The minimum Gasteiger partial charge on any atom is -0.497 e. The van der Waals surface area contributed by atoms with E-state index in [2.05, 4.69) is 34.5 Å². The first-order valence-corrected chi connectivity index (χ1v) is 6.33. The summed E-state index contributed by atoms with van der Waals surface area (Å²) in [5, 5.41) is 7.23. The molecule has 2 aromatic rings. The van der Waals surface area contributed by atoms with Gasteiger partial charge in [0.2, 0.25) is 5.89 Å². The molecule has 1 atom stereocenters. The highest BCUT2D eigenvalue weighted by molar-refractivity contribution is 5.27. The van der Waals surface area contributed by atoms with Gasteiger partial charge in [0.25, 0.3) is 0 Å². The second-order valence-corrected chi connectivity index (χ2v) is 4.56. The minimum absolute atomic E-state index is 0.340. The fourth-order valence-corrected chi connectivity index (χ4v) is 1.87. The Hall–Kier alpha value is -1.88. The van der Waals surface area contributed by atoms with Crippen molar-refractivity contribution in [2.24, 2.45) is 0 Å². The van der Waals surface area contributed by atoms with Gasteiger partial charge in [-0.2, -0.15) is 4.98 Å². The maximum atomic E-state index is 5.14. The van der Waals surface area contributed by atoms with E-state index in [9.17, 15) is 0 Å². The van der Waals surface area contributed by atoms with Gasteiger partial charge in [0, 0.05) is 13.0 Å². The van der Waals surface area contributed by atoms with E-state index in [1.165, 1.54) is 5.56 Å². The van der Waals surface area contributed by atoms with Crippen molar-refractivity contribution in [3.63, 3.8) is 0 Å². The standard InChI is InChI=1S/C14H19N3O2/c1-10(15-9-14-16-11(2)19-17-14)8-12-4-6-13(18-3)7-5-12/h4-7,10,15H,8-9H2,1-3H3. The van der Waals surface area contributed by atoms with Gasteiger partial charge in [-0.15, -0.1) is 0 Å². The zero-order valence-corrected chi connectivity index (χ0v) is 11.5. The van der Waals surface area contributed by atoms with E-state index in [-0.39, 0.29) is 0 Å². The third kappa shape index (κ3) is 4.06. The summed E-state index contributed by atoms with van der Waals surface area (Å²) in [6.07, 6.45) is 0.945. The number of nitrogens with one attached hydrogen (secondary N) is 1. The van der Waals surface area contributed by atoms with Crippen LogP contribution in [0.2, 0.25) is 0 Å². The molecule has 5 heteroatoms. The monoisotopic (exact) mass is 261 g/mol. The molecule has 1 aromatic carbocycles. The minimum atomic E-state index is 0.340. The van der Waals surface area contributed by atoms with E-state index in [0.717, 1.165) is 12.2 Å². The molecule has 0 aliphatic heterocycles. The fourth-order valence-electron chi connectivity index (χ4n) is 1.87. The van der Waals surface area contributed by atoms with Crippen LogP contribution in [0.5, 0.6) is 5.75 Å². The van der Waals surface area contributed by atoms with Crippen molar-refractivity contribution in [2.75, 3.05) is 7.11 Å². The van der Waals surface area contributed by atoms with E-state index in [4.69, 9.17) is 9.26 Å². The summed E-state index contributed by atoms with van der Waals surface area (Å²) in [7, 11) is 1.67. The zero-order valence-electron chi connectivity index (χ0n) is 11.5. The molecule has 1 aromatic heterocycles. The number of rotatable bonds is 6. The Morgan fingerprint density at radius 3 is 2.63 bits per heavy atom. The van der Waals surface area contributed by atoms with Crippen LogP contribution in [-0.2, 0) is 13.0 Å². The van der Waals surface area contributed by atoms with Crippen LogP contribution in [0.3, 0.4) is 0 Å². The summed E-state index contributed by atoms with van der Waals surface area (Å²) in [5.41, 5.74) is 1.27. The van der Waals surface area contributed by atoms with Crippen molar-refractivity contribution in [2.45, 2.75) is 32.9 Å². The molecule has 102 valence electrons. The molecule has 19 heavy (non-hydrogen) atoms. The Bertz CT molecular complexity index is 508. The Morgan fingerprint density at radius 1 is 1.32 bits per heavy atom. The maximum Gasteiger partial charge on any atom is 0.223 e. The molecule has 5 nitrogen and oxygen atoms in total. The number of benzene rings is 1. The van der Waals surface area contributed by atoms with Gasteiger partial charge >= 0.3 is 0 Å². The van der Waals surface area contributed by atoms with Crippen molar-refractivity contribution >= 4 is 0 Å². The molecule has 0 spiro atoms. The number of hydrogen-bond acceptors (Lipinski definition) is 5. The number of nitrogens with zero attached hydrogens (tertiary/aromatic N) is 2. The molecule has 0 aliphatic carbocycles. The predicted molar refractivity (Wildman–Crippen MR) is 72.0 cm³/mol. The van der Waals surface area contributed by atoms with Gasteiger partial charge in [-0.1, -0.05) is 17.3 Å². The van der Waals surface area contributed by atoms with Crippen molar-refractivity contribution in [1.29, 1.82) is 0 Å². The Labute approximate surface area is 113 Å². The van der Waals surface area contributed by atoms with E-state index in [1.807, 2.05) is 12.1 Å². The summed E-state index contributed by atoms with van der Waals surface area (Å²) < 4.78 is 10.1. The third-order valence-electron chi connectivity index (χ3n) is 2.88. The van der Waals surface area contributed by atoms with Gasteiger partial charge in [-0.25, -0.2) is 0 Å². The molecule has 0 fully saturated rings. The first-order chi connectivity index (χ1) is 9.17. The molecular weight excluding hydrogens is 242 g/mol. The Morgan fingerprint density at radius 2 is 2.05 bits per heavy atom. The molecule has 0 saturated heterocycles. The van der Waals surface area contributed by atoms with Crippen molar-refractivity contribution in [3.05, 3.63) is 41.5 Å². The van der Waals surface area contributed by atoms with Crippen LogP contribution in [0.1, 0.15) is 24.2 Å². The van der Waals surface area contributed by atoms with Crippen LogP contribution in [0.25, 0.3) is 0 Å². The first-order valence-electron chi connectivity index (χ1n) is 6.33. The first kappa shape index (κ1) is 13.5. The third-order valence-corrected chi connectivity index (χ3v) is 2.88. The molecule has 0 bridgehead atoms. The molecule has 0 amide bonds. The maximum absolute atomic E-state index is 5.14.